The van der Waals surface area contributed by atoms with E-state index in [1.54, 1.807) is 0 Å². The van der Waals surface area contributed by atoms with Crippen LogP contribution in [0.2, 0.25) is 0 Å². The Morgan fingerprint density at radius 2 is 1.58 bits per heavy atom. The van der Waals surface area contributed by atoms with Gasteiger partial charge in [0.15, 0.2) is 0 Å². The average molecular weight is 348 g/mol. The van der Waals surface area contributed by atoms with E-state index in [0.29, 0.717) is 0 Å². The number of fused-ring (bicyclic) bond motifs is 3. The first-order valence-electron chi connectivity index (χ1n) is 7.42. The molecule has 3 rings (SSSR count). The molecule has 1 atom stereocenters. The molecule has 6 heteroatoms. The van der Waals surface area contributed by atoms with E-state index in [4.69, 9.17) is 9.84 Å². The molecule has 0 heterocycles. The van der Waals surface area contributed by atoms with Crippen molar-refractivity contribution in [1.82, 2.24) is 5.32 Å². The minimum atomic E-state index is -1.10. The number of alkyl carbamates (subject to hydrolysis) is 1. The maximum Gasteiger partial charge on any atom is 0.407 e. The van der Waals surface area contributed by atoms with Crippen molar-refractivity contribution in [3.63, 3.8) is 0 Å². The molecule has 5 nitrogen and oxygen atoms in total. The largest absolute Gasteiger partial charge is 0.480 e. The minimum Gasteiger partial charge on any atom is -0.480 e. The van der Waals surface area contributed by atoms with Gasteiger partial charge in [0, 0.05) is 5.92 Å². The van der Waals surface area contributed by atoms with Crippen molar-refractivity contribution in [3.05, 3.63) is 59.7 Å². The molecule has 0 bridgehead atoms. The molecule has 2 N–H and O–H groups in total. The second kappa shape index (κ2) is 7.36. The first kappa shape index (κ1) is 17.8. The molecule has 1 unspecified atom stereocenters. The lowest BCUT2D eigenvalue weighted by molar-refractivity contribution is -0.138. The van der Waals surface area contributed by atoms with Crippen molar-refractivity contribution in [2.45, 2.75) is 18.9 Å². The summed E-state index contributed by atoms with van der Waals surface area (Å²) in [7, 11) is 0. The van der Waals surface area contributed by atoms with Crippen molar-refractivity contribution in [2.75, 3.05) is 6.61 Å². The number of carboxylic acids is 1. The van der Waals surface area contributed by atoms with Gasteiger partial charge in [-0.2, -0.15) is 0 Å². The van der Waals surface area contributed by atoms with Gasteiger partial charge in [-0.15, -0.1) is 12.4 Å². The summed E-state index contributed by atoms with van der Waals surface area (Å²) < 4.78 is 5.25. The van der Waals surface area contributed by atoms with Crippen LogP contribution in [0.5, 0.6) is 0 Å². The van der Waals surface area contributed by atoms with Gasteiger partial charge in [0.2, 0.25) is 0 Å². The molecular formula is C18H18ClNO4. The quantitative estimate of drug-likeness (QED) is 0.888. The van der Waals surface area contributed by atoms with Crippen molar-refractivity contribution in [3.8, 4) is 11.1 Å². The topological polar surface area (TPSA) is 75.6 Å². The number of amides is 1. The summed E-state index contributed by atoms with van der Waals surface area (Å²) in [5.74, 6) is -1.13. The normalized spacial score (nSPS) is 13.2. The van der Waals surface area contributed by atoms with Gasteiger partial charge in [0.05, 0.1) is 0 Å². The monoisotopic (exact) mass is 347 g/mol. The Morgan fingerprint density at radius 3 is 2.08 bits per heavy atom. The Kier molecular flexibility index (Phi) is 5.46. The molecule has 0 spiro atoms. The highest BCUT2D eigenvalue weighted by Gasteiger charge is 2.29. The molecular weight excluding hydrogens is 330 g/mol. The number of aliphatic carboxylic acids is 1. The second-order valence-corrected chi connectivity index (χ2v) is 5.53. The summed E-state index contributed by atoms with van der Waals surface area (Å²) in [5.41, 5.74) is 4.53. The Hall–Kier alpha value is -2.53. The van der Waals surface area contributed by atoms with Gasteiger partial charge in [0.1, 0.15) is 12.6 Å². The Balaban J connectivity index is 0.00000208. The highest BCUT2D eigenvalue weighted by molar-refractivity contribution is 5.85. The molecule has 1 aliphatic carbocycles. The van der Waals surface area contributed by atoms with E-state index < -0.39 is 18.1 Å². The van der Waals surface area contributed by atoms with Crippen molar-refractivity contribution < 1.29 is 19.4 Å². The number of halogens is 1. The standard InChI is InChI=1S/C18H17NO4.ClH/c1-11(17(20)21)19-18(22)23-10-16-14-8-4-2-6-12(14)13-7-3-5-9-15(13)16;/h2-9,11,16H,10H2,1H3,(H,19,22)(H,20,21);1H. The summed E-state index contributed by atoms with van der Waals surface area (Å²) in [4.78, 5) is 22.5. The molecule has 0 aromatic heterocycles. The van der Waals surface area contributed by atoms with E-state index in [2.05, 4.69) is 17.4 Å². The number of carboxylic acid groups (broad SMARTS) is 1. The SMILES string of the molecule is CC(NC(=O)OCC1c2ccccc2-c2ccccc21)C(=O)O.Cl. The first-order chi connectivity index (χ1) is 11.1. The third kappa shape index (κ3) is 3.36. The van der Waals surface area contributed by atoms with Crippen LogP contribution in [0.25, 0.3) is 11.1 Å². The zero-order valence-electron chi connectivity index (χ0n) is 13.1. The molecule has 0 radical (unpaired) electrons. The van der Waals surface area contributed by atoms with Crippen LogP contribution in [-0.4, -0.2) is 29.8 Å². The van der Waals surface area contributed by atoms with Crippen molar-refractivity contribution in [2.24, 2.45) is 0 Å². The summed E-state index contributed by atoms with van der Waals surface area (Å²) in [6.07, 6.45) is -0.721. The second-order valence-electron chi connectivity index (χ2n) is 5.53. The number of benzene rings is 2. The molecule has 0 saturated heterocycles. The zero-order chi connectivity index (χ0) is 16.4. The number of carbonyl (C=O) groups excluding carboxylic acids is 1. The lowest BCUT2D eigenvalue weighted by atomic mass is 9.98. The van der Waals surface area contributed by atoms with Gasteiger partial charge in [-0.05, 0) is 29.2 Å². The van der Waals surface area contributed by atoms with Crippen LogP contribution >= 0.6 is 12.4 Å². The van der Waals surface area contributed by atoms with Gasteiger partial charge in [-0.1, -0.05) is 48.5 Å². The molecule has 0 fully saturated rings. The lowest BCUT2D eigenvalue weighted by Crippen LogP contribution is -2.39. The summed E-state index contributed by atoms with van der Waals surface area (Å²) >= 11 is 0. The predicted molar refractivity (Wildman–Crippen MR) is 92.6 cm³/mol. The van der Waals surface area contributed by atoms with Crippen molar-refractivity contribution in [1.29, 1.82) is 0 Å². The molecule has 2 aromatic carbocycles. The third-order valence-corrected chi connectivity index (χ3v) is 4.05. The molecule has 24 heavy (non-hydrogen) atoms. The third-order valence-electron chi connectivity index (χ3n) is 4.05. The fourth-order valence-electron chi connectivity index (χ4n) is 2.88. The van der Waals surface area contributed by atoms with E-state index in [1.807, 2.05) is 36.4 Å². The molecule has 2 aromatic rings. The Bertz CT molecular complexity index is 717. The number of ether oxygens (including phenoxy) is 1. The van der Waals surface area contributed by atoms with E-state index in [0.717, 1.165) is 22.3 Å². The number of rotatable bonds is 4. The van der Waals surface area contributed by atoms with E-state index in [1.165, 1.54) is 6.92 Å². The number of hydrogen-bond donors (Lipinski definition) is 2. The molecule has 0 saturated carbocycles. The Labute approximate surface area is 146 Å². The van der Waals surface area contributed by atoms with Gasteiger partial charge < -0.3 is 15.2 Å². The van der Waals surface area contributed by atoms with E-state index in [-0.39, 0.29) is 24.9 Å². The van der Waals surface area contributed by atoms with Gasteiger partial charge in [-0.25, -0.2) is 4.79 Å². The molecule has 1 amide bonds. The highest BCUT2D eigenvalue weighted by atomic mass is 35.5. The Morgan fingerprint density at radius 1 is 1.08 bits per heavy atom. The summed E-state index contributed by atoms with van der Waals surface area (Å²) in [5, 5.41) is 11.1. The van der Waals surface area contributed by atoms with E-state index in [9.17, 15) is 9.59 Å². The lowest BCUT2D eigenvalue weighted by Gasteiger charge is -2.15. The van der Waals surface area contributed by atoms with Crippen LogP contribution in [-0.2, 0) is 9.53 Å². The minimum absolute atomic E-state index is 0. The van der Waals surface area contributed by atoms with Gasteiger partial charge in [-0.3, -0.25) is 4.79 Å². The van der Waals surface area contributed by atoms with Gasteiger partial charge in [0.25, 0.3) is 0 Å². The molecule has 0 aliphatic heterocycles. The van der Waals surface area contributed by atoms with Crippen LogP contribution in [0.15, 0.2) is 48.5 Å². The van der Waals surface area contributed by atoms with Crippen molar-refractivity contribution >= 4 is 24.5 Å². The average Bonchev–Trinajstić information content (AvgIpc) is 2.87. The summed E-state index contributed by atoms with van der Waals surface area (Å²) in [6.45, 7) is 1.57. The fraction of sp³-hybridized carbons (Fsp3) is 0.222. The number of carbonyl (C=O) groups is 2. The van der Waals surface area contributed by atoms with Crippen LogP contribution in [0.1, 0.15) is 24.0 Å². The van der Waals surface area contributed by atoms with E-state index >= 15 is 0 Å². The first-order valence-corrected chi connectivity index (χ1v) is 7.42. The van der Waals surface area contributed by atoms with Crippen LogP contribution in [0.3, 0.4) is 0 Å². The predicted octanol–water partition coefficient (Wildman–Crippen LogP) is 3.42. The zero-order valence-corrected chi connectivity index (χ0v) is 13.9. The van der Waals surface area contributed by atoms with Gasteiger partial charge >= 0.3 is 12.1 Å². The maximum atomic E-state index is 11.7. The van der Waals surface area contributed by atoms with Crippen LogP contribution in [0.4, 0.5) is 4.79 Å². The molecule has 1 aliphatic rings. The number of hydrogen-bond acceptors (Lipinski definition) is 3. The fourth-order valence-corrected chi connectivity index (χ4v) is 2.88. The maximum absolute atomic E-state index is 11.7. The van der Waals surface area contributed by atoms with Crippen LogP contribution < -0.4 is 5.32 Å². The highest BCUT2D eigenvalue weighted by Crippen LogP contribution is 2.44. The van der Waals surface area contributed by atoms with Crippen LogP contribution in [0, 0.1) is 0 Å². The molecule has 126 valence electrons. The summed E-state index contributed by atoms with van der Waals surface area (Å²) in [6, 6.07) is 15.1. The smallest absolute Gasteiger partial charge is 0.407 e. The number of nitrogens with one attached hydrogen (secondary N) is 1.